The van der Waals surface area contributed by atoms with Crippen molar-refractivity contribution in [1.29, 1.82) is 0 Å². The molecule has 0 unspecified atom stereocenters. The van der Waals surface area contributed by atoms with Crippen molar-refractivity contribution < 1.29 is 4.92 Å². The van der Waals surface area contributed by atoms with Crippen LogP contribution in [0.2, 0.25) is 0 Å². The molecule has 0 bridgehead atoms. The topological polar surface area (TPSA) is 55.2 Å². The SMILES string of the molecule is CCCNc1cc(CSCC)ccc1[N+](=O)[O-]. The standard InChI is InChI=1S/C12H18N2O2S/c1-3-7-13-11-8-10(9-17-4-2)5-6-12(11)14(15)16/h5-6,8,13H,3-4,7,9H2,1-2H3. The van der Waals surface area contributed by atoms with Gasteiger partial charge in [0, 0.05) is 18.4 Å². The highest BCUT2D eigenvalue weighted by Crippen LogP contribution is 2.27. The quantitative estimate of drug-likeness (QED) is 0.596. The number of nitro groups is 1. The lowest BCUT2D eigenvalue weighted by molar-refractivity contribution is -0.384. The fourth-order valence-electron chi connectivity index (χ4n) is 1.45. The van der Waals surface area contributed by atoms with Crippen LogP contribution in [-0.4, -0.2) is 17.2 Å². The molecular weight excluding hydrogens is 236 g/mol. The van der Waals surface area contributed by atoms with Gasteiger partial charge in [0.2, 0.25) is 0 Å². The van der Waals surface area contributed by atoms with Crippen LogP contribution in [0.15, 0.2) is 18.2 Å². The van der Waals surface area contributed by atoms with Gasteiger partial charge < -0.3 is 5.32 Å². The molecule has 1 aromatic rings. The highest BCUT2D eigenvalue weighted by atomic mass is 32.2. The Bertz CT molecular complexity index is 383. The first-order valence-corrected chi connectivity index (χ1v) is 6.93. The van der Waals surface area contributed by atoms with Crippen molar-refractivity contribution in [2.24, 2.45) is 0 Å². The van der Waals surface area contributed by atoms with Gasteiger partial charge >= 0.3 is 0 Å². The van der Waals surface area contributed by atoms with Gasteiger partial charge in [-0.1, -0.05) is 19.9 Å². The minimum atomic E-state index is -0.339. The molecule has 0 atom stereocenters. The van der Waals surface area contributed by atoms with Crippen molar-refractivity contribution in [2.75, 3.05) is 17.6 Å². The summed E-state index contributed by atoms with van der Waals surface area (Å²) in [7, 11) is 0. The second kappa shape index (κ2) is 7.17. The number of anilines is 1. The Hall–Kier alpha value is -1.23. The Morgan fingerprint density at radius 2 is 2.18 bits per heavy atom. The summed E-state index contributed by atoms with van der Waals surface area (Å²) in [6.45, 7) is 4.90. The molecule has 0 aromatic heterocycles. The molecule has 0 aliphatic carbocycles. The Morgan fingerprint density at radius 1 is 1.41 bits per heavy atom. The van der Waals surface area contributed by atoms with E-state index in [4.69, 9.17) is 0 Å². The molecule has 94 valence electrons. The maximum absolute atomic E-state index is 10.9. The highest BCUT2D eigenvalue weighted by Gasteiger charge is 2.13. The van der Waals surface area contributed by atoms with Crippen LogP contribution in [-0.2, 0) is 5.75 Å². The molecule has 0 saturated heterocycles. The Labute approximate surface area is 106 Å². The van der Waals surface area contributed by atoms with Gasteiger partial charge in [0.05, 0.1) is 4.92 Å². The van der Waals surface area contributed by atoms with Gasteiger partial charge in [-0.3, -0.25) is 10.1 Å². The van der Waals surface area contributed by atoms with Crippen molar-refractivity contribution in [3.63, 3.8) is 0 Å². The summed E-state index contributed by atoms with van der Waals surface area (Å²) in [6, 6.07) is 5.30. The van der Waals surface area contributed by atoms with Crippen LogP contribution >= 0.6 is 11.8 Å². The molecule has 1 rings (SSSR count). The molecule has 5 heteroatoms. The van der Waals surface area contributed by atoms with Crippen molar-refractivity contribution >= 4 is 23.1 Å². The van der Waals surface area contributed by atoms with Crippen LogP contribution < -0.4 is 5.32 Å². The van der Waals surface area contributed by atoms with Crippen LogP contribution in [0.3, 0.4) is 0 Å². The van der Waals surface area contributed by atoms with Gasteiger partial charge in [-0.15, -0.1) is 0 Å². The third kappa shape index (κ3) is 4.26. The van der Waals surface area contributed by atoms with Crippen LogP contribution in [0, 0.1) is 10.1 Å². The van der Waals surface area contributed by atoms with Crippen molar-refractivity contribution in [1.82, 2.24) is 0 Å². The number of benzene rings is 1. The summed E-state index contributed by atoms with van der Waals surface area (Å²) < 4.78 is 0. The molecule has 0 aliphatic rings. The number of nitro benzene ring substituents is 1. The molecule has 0 heterocycles. The van der Waals surface area contributed by atoms with E-state index in [1.165, 1.54) is 0 Å². The Morgan fingerprint density at radius 3 is 2.76 bits per heavy atom. The highest BCUT2D eigenvalue weighted by molar-refractivity contribution is 7.98. The van der Waals surface area contributed by atoms with Crippen LogP contribution in [0.1, 0.15) is 25.8 Å². The summed E-state index contributed by atoms with van der Waals surface area (Å²) in [5.74, 6) is 1.95. The van der Waals surface area contributed by atoms with Gasteiger partial charge in [0.15, 0.2) is 0 Å². The van der Waals surface area contributed by atoms with E-state index in [0.29, 0.717) is 5.69 Å². The predicted octanol–water partition coefficient (Wildman–Crippen LogP) is 3.67. The molecule has 0 amide bonds. The van der Waals surface area contributed by atoms with Crippen molar-refractivity contribution in [3.8, 4) is 0 Å². The van der Waals surface area contributed by atoms with Crippen molar-refractivity contribution in [2.45, 2.75) is 26.0 Å². The van der Waals surface area contributed by atoms with Crippen LogP contribution in [0.5, 0.6) is 0 Å². The van der Waals surface area contributed by atoms with Gasteiger partial charge in [-0.25, -0.2) is 0 Å². The second-order valence-electron chi connectivity index (χ2n) is 3.67. The van der Waals surface area contributed by atoms with E-state index in [9.17, 15) is 10.1 Å². The number of hydrogen-bond donors (Lipinski definition) is 1. The molecule has 0 spiro atoms. The average molecular weight is 254 g/mol. The van der Waals surface area contributed by atoms with Gasteiger partial charge in [-0.05, 0) is 23.8 Å². The zero-order valence-corrected chi connectivity index (χ0v) is 11.0. The minimum Gasteiger partial charge on any atom is -0.379 e. The molecule has 1 N–H and O–H groups in total. The lowest BCUT2D eigenvalue weighted by Gasteiger charge is -2.08. The van der Waals surface area contributed by atoms with E-state index in [1.54, 1.807) is 6.07 Å². The third-order valence-electron chi connectivity index (χ3n) is 2.30. The lowest BCUT2D eigenvalue weighted by Crippen LogP contribution is -2.03. The molecular formula is C12H18N2O2S. The first-order chi connectivity index (χ1) is 8.19. The molecule has 0 saturated carbocycles. The van der Waals surface area contributed by atoms with E-state index in [0.717, 1.165) is 30.0 Å². The monoisotopic (exact) mass is 254 g/mol. The lowest BCUT2D eigenvalue weighted by atomic mass is 10.2. The zero-order valence-electron chi connectivity index (χ0n) is 10.2. The predicted molar refractivity (Wildman–Crippen MR) is 73.7 cm³/mol. The molecule has 0 aliphatic heterocycles. The zero-order chi connectivity index (χ0) is 12.7. The largest absolute Gasteiger partial charge is 0.379 e. The summed E-state index contributed by atoms with van der Waals surface area (Å²) in [4.78, 5) is 10.5. The number of nitrogens with zero attached hydrogens (tertiary/aromatic N) is 1. The summed E-state index contributed by atoms with van der Waals surface area (Å²) in [5, 5.41) is 14.0. The summed E-state index contributed by atoms with van der Waals surface area (Å²) in [5.41, 5.74) is 1.91. The number of thioether (sulfide) groups is 1. The number of nitrogens with one attached hydrogen (secondary N) is 1. The number of rotatable bonds is 7. The van der Waals surface area contributed by atoms with E-state index in [1.807, 2.05) is 30.8 Å². The van der Waals surface area contributed by atoms with Gasteiger partial charge in [0.1, 0.15) is 5.69 Å². The molecule has 17 heavy (non-hydrogen) atoms. The first kappa shape index (κ1) is 13.8. The first-order valence-electron chi connectivity index (χ1n) is 5.78. The van der Waals surface area contributed by atoms with Gasteiger partial charge in [0.25, 0.3) is 5.69 Å². The molecule has 0 radical (unpaired) electrons. The maximum atomic E-state index is 10.9. The van der Waals surface area contributed by atoms with E-state index in [2.05, 4.69) is 12.2 Å². The van der Waals surface area contributed by atoms with E-state index >= 15 is 0 Å². The van der Waals surface area contributed by atoms with Gasteiger partial charge in [-0.2, -0.15) is 11.8 Å². The Balaban J connectivity index is 2.88. The fourth-order valence-corrected chi connectivity index (χ4v) is 2.07. The normalized spacial score (nSPS) is 10.2. The minimum absolute atomic E-state index is 0.156. The molecule has 4 nitrogen and oxygen atoms in total. The van der Waals surface area contributed by atoms with Crippen molar-refractivity contribution in [3.05, 3.63) is 33.9 Å². The average Bonchev–Trinajstić information content (AvgIpc) is 2.33. The van der Waals surface area contributed by atoms with E-state index in [-0.39, 0.29) is 10.6 Å². The Kier molecular flexibility index (Phi) is 5.83. The number of hydrogen-bond acceptors (Lipinski definition) is 4. The second-order valence-corrected chi connectivity index (χ2v) is 4.95. The smallest absolute Gasteiger partial charge is 0.292 e. The third-order valence-corrected chi connectivity index (χ3v) is 3.24. The summed E-state index contributed by atoms with van der Waals surface area (Å²) >= 11 is 1.81. The van der Waals surface area contributed by atoms with Crippen LogP contribution in [0.25, 0.3) is 0 Å². The van der Waals surface area contributed by atoms with Crippen LogP contribution in [0.4, 0.5) is 11.4 Å². The fraction of sp³-hybridized carbons (Fsp3) is 0.500. The molecule has 0 fully saturated rings. The maximum Gasteiger partial charge on any atom is 0.292 e. The van der Waals surface area contributed by atoms with E-state index < -0.39 is 0 Å². The molecule has 1 aromatic carbocycles. The summed E-state index contributed by atoms with van der Waals surface area (Å²) in [6.07, 6.45) is 0.949.